The molecule has 0 saturated carbocycles. The monoisotopic (exact) mass is 376 g/mol. The third-order valence-electron chi connectivity index (χ3n) is 4.60. The normalized spacial score (nSPS) is 14.9. The maximum Gasteiger partial charge on any atom is 0.407 e. The van der Waals surface area contributed by atoms with Crippen LogP contribution >= 0.6 is 0 Å². The highest BCUT2D eigenvalue weighted by atomic mass is 16.4. The lowest BCUT2D eigenvalue weighted by molar-refractivity contribution is -0.121. The van der Waals surface area contributed by atoms with Gasteiger partial charge < -0.3 is 25.5 Å². The molecule has 148 valence electrons. The quantitative estimate of drug-likeness (QED) is 0.664. The molecular weight excluding hydrogens is 348 g/mol. The van der Waals surface area contributed by atoms with Gasteiger partial charge in [-0.2, -0.15) is 0 Å². The molecule has 0 unspecified atom stereocenters. The lowest BCUT2D eigenvalue weighted by atomic mass is 9.96. The number of hydrogen-bond donors (Lipinski definition) is 3. The van der Waals surface area contributed by atoms with E-state index in [1.54, 1.807) is 12.1 Å². The van der Waals surface area contributed by atoms with Crippen LogP contribution in [-0.4, -0.2) is 73.1 Å². The van der Waals surface area contributed by atoms with Gasteiger partial charge in [0, 0.05) is 37.8 Å². The van der Waals surface area contributed by atoms with Crippen LogP contribution in [0.1, 0.15) is 18.4 Å². The summed E-state index contributed by atoms with van der Waals surface area (Å²) in [5.41, 5.74) is 1.56. The molecule has 1 saturated heterocycles. The highest BCUT2D eigenvalue weighted by Gasteiger charge is 2.27. The number of likely N-dealkylation sites (N-methyl/N-ethyl adjacent to an activating group) is 1. The summed E-state index contributed by atoms with van der Waals surface area (Å²) in [7, 11) is 3.91. The number of likely N-dealkylation sites (tertiary alicyclic amines) is 1. The van der Waals surface area contributed by atoms with Gasteiger partial charge in [0.05, 0.1) is 6.42 Å². The van der Waals surface area contributed by atoms with E-state index in [1.165, 1.54) is 4.90 Å². The van der Waals surface area contributed by atoms with Crippen LogP contribution in [0, 0.1) is 5.92 Å². The molecule has 8 nitrogen and oxygen atoms in total. The number of anilines is 1. The summed E-state index contributed by atoms with van der Waals surface area (Å²) in [4.78, 5) is 38.5. The third kappa shape index (κ3) is 6.90. The number of carbonyl (C=O) groups is 3. The summed E-state index contributed by atoms with van der Waals surface area (Å²) in [5, 5.41) is 14.7. The average molecular weight is 376 g/mol. The van der Waals surface area contributed by atoms with Gasteiger partial charge in [0.1, 0.15) is 0 Å². The molecule has 3 N–H and O–H groups in total. The molecular formula is C19H28N4O4. The Morgan fingerprint density at radius 3 is 2.33 bits per heavy atom. The van der Waals surface area contributed by atoms with E-state index in [0.717, 1.165) is 12.1 Å². The Bertz CT molecular complexity index is 652. The van der Waals surface area contributed by atoms with Crippen LogP contribution in [0.3, 0.4) is 0 Å². The lowest BCUT2D eigenvalue weighted by Crippen LogP contribution is -2.40. The molecule has 0 radical (unpaired) electrons. The molecule has 3 amide bonds. The van der Waals surface area contributed by atoms with Crippen molar-refractivity contribution in [3.8, 4) is 0 Å². The second kappa shape index (κ2) is 9.91. The first-order valence-electron chi connectivity index (χ1n) is 9.14. The average Bonchev–Trinajstić information content (AvgIpc) is 2.63. The van der Waals surface area contributed by atoms with Gasteiger partial charge in [-0.15, -0.1) is 0 Å². The van der Waals surface area contributed by atoms with E-state index in [0.29, 0.717) is 44.6 Å². The summed E-state index contributed by atoms with van der Waals surface area (Å²) in [5.74, 6) is -0.296. The molecule has 27 heavy (non-hydrogen) atoms. The molecule has 1 aromatic rings. The molecule has 0 bridgehead atoms. The van der Waals surface area contributed by atoms with Gasteiger partial charge >= 0.3 is 6.09 Å². The van der Waals surface area contributed by atoms with Crippen molar-refractivity contribution in [2.24, 2.45) is 5.92 Å². The largest absolute Gasteiger partial charge is 0.465 e. The SMILES string of the molecule is CN(C)CCNC(=O)Cc1ccc(NC(=O)C2CCN(C(=O)O)CC2)cc1. The fourth-order valence-corrected chi connectivity index (χ4v) is 2.95. The van der Waals surface area contributed by atoms with Gasteiger partial charge in [-0.25, -0.2) is 4.79 Å². The Hall–Kier alpha value is -2.61. The molecule has 2 rings (SSSR count). The number of nitrogens with one attached hydrogen (secondary N) is 2. The second-order valence-electron chi connectivity index (χ2n) is 7.06. The van der Waals surface area contributed by atoms with Gasteiger partial charge in [0.2, 0.25) is 11.8 Å². The zero-order valence-electron chi connectivity index (χ0n) is 15.9. The molecule has 1 heterocycles. The Morgan fingerprint density at radius 2 is 1.78 bits per heavy atom. The summed E-state index contributed by atoms with van der Waals surface area (Å²) in [6.07, 6.45) is 0.428. The predicted molar refractivity (Wildman–Crippen MR) is 103 cm³/mol. The van der Waals surface area contributed by atoms with Gasteiger partial charge in [0.25, 0.3) is 0 Å². The fraction of sp³-hybridized carbons (Fsp3) is 0.526. The van der Waals surface area contributed by atoms with E-state index in [2.05, 4.69) is 10.6 Å². The fourth-order valence-electron chi connectivity index (χ4n) is 2.95. The topological polar surface area (TPSA) is 102 Å². The van der Waals surface area contributed by atoms with E-state index >= 15 is 0 Å². The Morgan fingerprint density at radius 1 is 1.15 bits per heavy atom. The van der Waals surface area contributed by atoms with Crippen molar-refractivity contribution < 1.29 is 19.5 Å². The number of rotatable bonds is 7. The molecule has 0 spiro atoms. The van der Waals surface area contributed by atoms with Crippen molar-refractivity contribution in [3.63, 3.8) is 0 Å². The standard InChI is InChI=1S/C19H28N4O4/c1-22(2)12-9-20-17(24)13-14-3-5-16(6-4-14)21-18(25)15-7-10-23(11-8-15)19(26)27/h3-6,15H,7-13H2,1-2H3,(H,20,24)(H,21,25)(H,26,27). The van der Waals surface area contributed by atoms with Crippen LogP contribution in [0.2, 0.25) is 0 Å². The first kappa shape index (κ1) is 20.7. The molecule has 0 aliphatic carbocycles. The summed E-state index contributed by atoms with van der Waals surface area (Å²) < 4.78 is 0. The van der Waals surface area contributed by atoms with E-state index in [1.807, 2.05) is 31.1 Å². The van der Waals surface area contributed by atoms with Crippen molar-refractivity contribution in [2.45, 2.75) is 19.3 Å². The van der Waals surface area contributed by atoms with Crippen LogP contribution in [-0.2, 0) is 16.0 Å². The number of nitrogens with zero attached hydrogens (tertiary/aromatic N) is 2. The van der Waals surface area contributed by atoms with E-state index in [-0.39, 0.29) is 17.7 Å². The van der Waals surface area contributed by atoms with Crippen molar-refractivity contribution in [2.75, 3.05) is 45.6 Å². The summed E-state index contributed by atoms with van der Waals surface area (Å²) in [6.45, 7) is 2.17. The first-order chi connectivity index (χ1) is 12.8. The molecule has 1 aliphatic rings. The minimum Gasteiger partial charge on any atom is -0.465 e. The van der Waals surface area contributed by atoms with Crippen LogP contribution < -0.4 is 10.6 Å². The Labute approximate surface area is 159 Å². The Balaban J connectivity index is 1.77. The number of carboxylic acid groups (broad SMARTS) is 1. The van der Waals surface area contributed by atoms with Crippen LogP contribution in [0.4, 0.5) is 10.5 Å². The summed E-state index contributed by atoms with van der Waals surface area (Å²) >= 11 is 0. The molecule has 1 fully saturated rings. The van der Waals surface area contributed by atoms with Crippen LogP contribution in [0.25, 0.3) is 0 Å². The number of hydrogen-bond acceptors (Lipinski definition) is 4. The molecule has 1 aliphatic heterocycles. The van der Waals surface area contributed by atoms with E-state index < -0.39 is 6.09 Å². The minimum atomic E-state index is -0.935. The molecule has 0 atom stereocenters. The van der Waals surface area contributed by atoms with E-state index in [4.69, 9.17) is 5.11 Å². The maximum absolute atomic E-state index is 12.3. The van der Waals surface area contributed by atoms with Gasteiger partial charge in [0.15, 0.2) is 0 Å². The van der Waals surface area contributed by atoms with Gasteiger partial charge in [-0.1, -0.05) is 12.1 Å². The van der Waals surface area contributed by atoms with Crippen LogP contribution in [0.5, 0.6) is 0 Å². The molecule has 8 heteroatoms. The lowest BCUT2D eigenvalue weighted by Gasteiger charge is -2.29. The van der Waals surface area contributed by atoms with E-state index in [9.17, 15) is 14.4 Å². The molecule has 1 aromatic carbocycles. The maximum atomic E-state index is 12.3. The number of amides is 3. The second-order valence-corrected chi connectivity index (χ2v) is 7.06. The predicted octanol–water partition coefficient (Wildman–Crippen LogP) is 1.24. The third-order valence-corrected chi connectivity index (χ3v) is 4.60. The Kier molecular flexibility index (Phi) is 7.60. The number of piperidine rings is 1. The zero-order valence-corrected chi connectivity index (χ0v) is 15.9. The van der Waals surface area contributed by atoms with Crippen molar-refractivity contribution in [1.29, 1.82) is 0 Å². The zero-order chi connectivity index (χ0) is 19.8. The highest BCUT2D eigenvalue weighted by molar-refractivity contribution is 5.92. The molecule has 0 aromatic heterocycles. The van der Waals surface area contributed by atoms with Gasteiger partial charge in [-0.3, -0.25) is 9.59 Å². The van der Waals surface area contributed by atoms with Crippen molar-refractivity contribution >= 4 is 23.6 Å². The number of carbonyl (C=O) groups excluding carboxylic acids is 2. The van der Waals surface area contributed by atoms with Crippen LogP contribution in [0.15, 0.2) is 24.3 Å². The smallest absolute Gasteiger partial charge is 0.407 e. The first-order valence-corrected chi connectivity index (χ1v) is 9.14. The highest BCUT2D eigenvalue weighted by Crippen LogP contribution is 2.20. The number of benzene rings is 1. The minimum absolute atomic E-state index is 0.0289. The van der Waals surface area contributed by atoms with Crippen molar-refractivity contribution in [1.82, 2.24) is 15.1 Å². The van der Waals surface area contributed by atoms with Gasteiger partial charge in [-0.05, 0) is 44.6 Å². The summed E-state index contributed by atoms with van der Waals surface area (Å²) in [6, 6.07) is 7.22. The van der Waals surface area contributed by atoms with Crippen molar-refractivity contribution in [3.05, 3.63) is 29.8 Å².